The zero-order valence-corrected chi connectivity index (χ0v) is 12.1. The van der Waals surface area contributed by atoms with E-state index in [0.29, 0.717) is 5.92 Å². The van der Waals surface area contributed by atoms with Gasteiger partial charge >= 0.3 is 0 Å². The van der Waals surface area contributed by atoms with Crippen LogP contribution in [-0.4, -0.2) is 23.9 Å². The van der Waals surface area contributed by atoms with Crippen molar-refractivity contribution in [1.82, 2.24) is 4.90 Å². The number of carbonyl (C=O) groups is 1. The van der Waals surface area contributed by atoms with Gasteiger partial charge in [0.1, 0.15) is 0 Å². The van der Waals surface area contributed by atoms with E-state index in [1.807, 2.05) is 33.9 Å². The summed E-state index contributed by atoms with van der Waals surface area (Å²) in [6, 6.07) is 12.5. The average molecular weight is 283 g/mol. The Hall–Kier alpha value is -1.87. The van der Waals surface area contributed by atoms with Gasteiger partial charge in [0.05, 0.1) is 0 Å². The number of carbonyl (C=O) groups excluding carboxylic acids is 1. The summed E-state index contributed by atoms with van der Waals surface area (Å²) < 4.78 is 0. The molecular formula is C17H17NOS. The first-order valence-corrected chi connectivity index (χ1v) is 7.81. The molecule has 20 heavy (non-hydrogen) atoms. The molecule has 3 rings (SSSR count). The molecule has 1 unspecified atom stereocenters. The molecule has 1 aliphatic heterocycles. The van der Waals surface area contributed by atoms with E-state index in [2.05, 4.69) is 24.3 Å². The minimum absolute atomic E-state index is 0.120. The fourth-order valence-corrected chi connectivity index (χ4v) is 3.23. The summed E-state index contributed by atoms with van der Waals surface area (Å²) in [6.45, 7) is 1.68. The van der Waals surface area contributed by atoms with Gasteiger partial charge in [-0.05, 0) is 40.5 Å². The Morgan fingerprint density at radius 3 is 2.85 bits per heavy atom. The third-order valence-corrected chi connectivity index (χ3v) is 4.43. The molecule has 0 aliphatic carbocycles. The van der Waals surface area contributed by atoms with Gasteiger partial charge in [-0.25, -0.2) is 0 Å². The van der Waals surface area contributed by atoms with Crippen LogP contribution in [0.25, 0.3) is 6.08 Å². The first kappa shape index (κ1) is 13.1. The highest BCUT2D eigenvalue weighted by atomic mass is 32.1. The number of rotatable bonds is 3. The SMILES string of the molecule is O=C(/C=C/c1ccsc1)N1CCC(c2ccccc2)C1. The summed E-state index contributed by atoms with van der Waals surface area (Å²) >= 11 is 1.65. The number of thiophene rings is 1. The van der Waals surface area contributed by atoms with Crippen LogP contribution in [0.3, 0.4) is 0 Å². The Morgan fingerprint density at radius 2 is 2.10 bits per heavy atom. The van der Waals surface area contributed by atoms with Crippen molar-refractivity contribution in [3.8, 4) is 0 Å². The predicted molar refractivity (Wildman–Crippen MR) is 83.7 cm³/mol. The first-order chi connectivity index (χ1) is 9.83. The number of nitrogens with zero attached hydrogens (tertiary/aromatic N) is 1. The summed E-state index contributed by atoms with van der Waals surface area (Å²) in [5.41, 5.74) is 2.44. The second kappa shape index (κ2) is 6.06. The molecule has 2 aromatic rings. The van der Waals surface area contributed by atoms with E-state index in [-0.39, 0.29) is 5.91 Å². The summed E-state index contributed by atoms with van der Waals surface area (Å²) in [5, 5.41) is 4.06. The highest BCUT2D eigenvalue weighted by molar-refractivity contribution is 7.08. The highest BCUT2D eigenvalue weighted by Gasteiger charge is 2.25. The monoisotopic (exact) mass is 283 g/mol. The van der Waals surface area contributed by atoms with Crippen molar-refractivity contribution in [1.29, 1.82) is 0 Å². The summed E-state index contributed by atoms with van der Waals surface area (Å²) in [6.07, 6.45) is 4.64. The van der Waals surface area contributed by atoms with Gasteiger partial charge < -0.3 is 4.90 Å². The second-order valence-corrected chi connectivity index (χ2v) is 5.85. The molecule has 1 fully saturated rings. The molecular weight excluding hydrogens is 266 g/mol. The van der Waals surface area contributed by atoms with Gasteiger partial charge in [0.2, 0.25) is 5.91 Å². The smallest absolute Gasteiger partial charge is 0.246 e. The number of hydrogen-bond acceptors (Lipinski definition) is 2. The van der Waals surface area contributed by atoms with Crippen LogP contribution < -0.4 is 0 Å². The van der Waals surface area contributed by atoms with Crippen LogP contribution >= 0.6 is 11.3 Å². The molecule has 1 aromatic carbocycles. The molecule has 1 aliphatic rings. The largest absolute Gasteiger partial charge is 0.339 e. The van der Waals surface area contributed by atoms with Crippen molar-refractivity contribution in [3.63, 3.8) is 0 Å². The molecule has 2 heterocycles. The van der Waals surface area contributed by atoms with Crippen molar-refractivity contribution in [2.24, 2.45) is 0 Å². The summed E-state index contributed by atoms with van der Waals surface area (Å²) in [7, 11) is 0. The molecule has 2 nitrogen and oxygen atoms in total. The molecule has 0 saturated carbocycles. The molecule has 102 valence electrons. The molecule has 0 N–H and O–H groups in total. The van der Waals surface area contributed by atoms with E-state index in [1.165, 1.54) is 5.56 Å². The van der Waals surface area contributed by atoms with E-state index < -0.39 is 0 Å². The lowest BCUT2D eigenvalue weighted by Crippen LogP contribution is -2.26. The van der Waals surface area contributed by atoms with Crippen LogP contribution in [0.4, 0.5) is 0 Å². The topological polar surface area (TPSA) is 20.3 Å². The molecule has 1 aromatic heterocycles. The van der Waals surface area contributed by atoms with Crippen LogP contribution in [0, 0.1) is 0 Å². The molecule has 1 amide bonds. The van der Waals surface area contributed by atoms with E-state index in [9.17, 15) is 4.79 Å². The third kappa shape index (κ3) is 2.99. The van der Waals surface area contributed by atoms with Crippen LogP contribution in [0.2, 0.25) is 0 Å². The maximum absolute atomic E-state index is 12.2. The maximum Gasteiger partial charge on any atom is 0.246 e. The minimum atomic E-state index is 0.120. The standard InChI is InChI=1S/C17H17NOS/c19-17(7-6-14-9-11-20-13-14)18-10-8-16(12-18)15-4-2-1-3-5-15/h1-7,9,11,13,16H,8,10,12H2/b7-6+. The zero-order valence-electron chi connectivity index (χ0n) is 11.2. The molecule has 3 heteroatoms. The van der Waals surface area contributed by atoms with E-state index in [0.717, 1.165) is 25.1 Å². The molecule has 0 bridgehead atoms. The van der Waals surface area contributed by atoms with Crippen molar-refractivity contribution < 1.29 is 4.79 Å². The van der Waals surface area contributed by atoms with Gasteiger partial charge in [-0.15, -0.1) is 0 Å². The summed E-state index contributed by atoms with van der Waals surface area (Å²) in [5.74, 6) is 0.601. The Balaban J connectivity index is 1.61. The molecule has 0 radical (unpaired) electrons. The second-order valence-electron chi connectivity index (χ2n) is 5.07. The Morgan fingerprint density at radius 1 is 1.25 bits per heavy atom. The lowest BCUT2D eigenvalue weighted by atomic mass is 9.99. The first-order valence-electron chi connectivity index (χ1n) is 6.87. The van der Waals surface area contributed by atoms with Crippen LogP contribution in [0.5, 0.6) is 0 Å². The van der Waals surface area contributed by atoms with E-state index >= 15 is 0 Å². The van der Waals surface area contributed by atoms with Gasteiger partial charge in [0, 0.05) is 25.1 Å². The fraction of sp³-hybridized carbons (Fsp3) is 0.235. The van der Waals surface area contributed by atoms with Gasteiger partial charge in [-0.3, -0.25) is 4.79 Å². The number of hydrogen-bond donors (Lipinski definition) is 0. The van der Waals surface area contributed by atoms with Crippen molar-refractivity contribution in [2.45, 2.75) is 12.3 Å². The highest BCUT2D eigenvalue weighted by Crippen LogP contribution is 2.27. The van der Waals surface area contributed by atoms with E-state index in [1.54, 1.807) is 17.4 Å². The number of likely N-dealkylation sites (tertiary alicyclic amines) is 1. The quantitative estimate of drug-likeness (QED) is 0.785. The predicted octanol–water partition coefficient (Wildman–Crippen LogP) is 3.78. The third-order valence-electron chi connectivity index (χ3n) is 3.73. The Labute approximate surface area is 123 Å². The van der Waals surface area contributed by atoms with Crippen molar-refractivity contribution in [3.05, 3.63) is 64.4 Å². The van der Waals surface area contributed by atoms with Crippen molar-refractivity contribution in [2.75, 3.05) is 13.1 Å². The van der Waals surface area contributed by atoms with Crippen LogP contribution in [0.15, 0.2) is 53.2 Å². The molecule has 0 spiro atoms. The van der Waals surface area contributed by atoms with Crippen LogP contribution in [0.1, 0.15) is 23.5 Å². The molecule has 1 saturated heterocycles. The fourth-order valence-electron chi connectivity index (χ4n) is 2.60. The van der Waals surface area contributed by atoms with Crippen LogP contribution in [-0.2, 0) is 4.79 Å². The van der Waals surface area contributed by atoms with Gasteiger partial charge in [-0.1, -0.05) is 30.3 Å². The summed E-state index contributed by atoms with van der Waals surface area (Å²) in [4.78, 5) is 14.1. The van der Waals surface area contributed by atoms with Gasteiger partial charge in [0.25, 0.3) is 0 Å². The van der Waals surface area contributed by atoms with Gasteiger partial charge in [-0.2, -0.15) is 11.3 Å². The van der Waals surface area contributed by atoms with E-state index in [4.69, 9.17) is 0 Å². The number of amides is 1. The van der Waals surface area contributed by atoms with Gasteiger partial charge in [0.15, 0.2) is 0 Å². The number of benzene rings is 1. The Kier molecular flexibility index (Phi) is 3.97. The average Bonchev–Trinajstić information content (AvgIpc) is 3.17. The molecule has 1 atom stereocenters. The minimum Gasteiger partial charge on any atom is -0.339 e. The maximum atomic E-state index is 12.2. The van der Waals surface area contributed by atoms with Crippen molar-refractivity contribution >= 4 is 23.3 Å². The Bertz CT molecular complexity index is 589. The zero-order chi connectivity index (χ0) is 13.8. The lowest BCUT2D eigenvalue weighted by molar-refractivity contribution is -0.124. The normalized spacial score (nSPS) is 18.8. The lowest BCUT2D eigenvalue weighted by Gasteiger charge is -2.14.